The van der Waals surface area contributed by atoms with E-state index in [1.807, 2.05) is 18.3 Å². The number of unbranched alkanes of at least 4 members (excludes halogenated alkanes) is 4. The molecule has 1 aromatic heterocycles. The molecule has 0 atom stereocenters. The minimum absolute atomic E-state index is 0.733. The van der Waals surface area contributed by atoms with Gasteiger partial charge in [0.1, 0.15) is 5.75 Å². The fourth-order valence-electron chi connectivity index (χ4n) is 3.23. The summed E-state index contributed by atoms with van der Waals surface area (Å²) in [5.41, 5.74) is 3.53. The third-order valence-electron chi connectivity index (χ3n) is 4.99. The van der Waals surface area contributed by atoms with Crippen LogP contribution in [0.3, 0.4) is 0 Å². The molecular formula is C27H39NO2. The zero-order valence-electron chi connectivity index (χ0n) is 18.9. The zero-order valence-corrected chi connectivity index (χ0v) is 18.9. The highest BCUT2D eigenvalue weighted by atomic mass is 16.5. The molecule has 0 fully saturated rings. The quantitative estimate of drug-likeness (QED) is 0.214. The summed E-state index contributed by atoms with van der Waals surface area (Å²) in [6.45, 7) is 6.87. The Morgan fingerprint density at radius 3 is 2.33 bits per heavy atom. The number of allylic oxidation sites excluding steroid dienone is 2. The van der Waals surface area contributed by atoms with E-state index in [2.05, 4.69) is 55.2 Å². The van der Waals surface area contributed by atoms with Crippen LogP contribution >= 0.6 is 0 Å². The van der Waals surface area contributed by atoms with E-state index in [-0.39, 0.29) is 0 Å². The van der Waals surface area contributed by atoms with E-state index < -0.39 is 0 Å². The maximum absolute atomic E-state index is 5.80. The van der Waals surface area contributed by atoms with Gasteiger partial charge in [-0.2, -0.15) is 0 Å². The molecule has 0 spiro atoms. The normalized spacial score (nSPS) is 11.3. The van der Waals surface area contributed by atoms with Gasteiger partial charge in [0, 0.05) is 18.8 Å². The third-order valence-corrected chi connectivity index (χ3v) is 4.99. The van der Waals surface area contributed by atoms with Crippen LogP contribution in [-0.4, -0.2) is 24.8 Å². The smallest absolute Gasteiger partial charge is 0.137 e. The zero-order chi connectivity index (χ0) is 21.3. The van der Waals surface area contributed by atoms with Gasteiger partial charge < -0.3 is 9.47 Å². The SMILES string of the molecule is CCC/C=C/CCCOc1ccc(-c2ccc(CCCCCOCCC)cc2)nc1. The number of benzene rings is 1. The van der Waals surface area contributed by atoms with Crippen molar-refractivity contribution in [2.45, 2.75) is 71.6 Å². The second kappa shape index (κ2) is 15.7. The average molecular weight is 410 g/mol. The Labute approximate surface area is 183 Å². The molecular weight excluding hydrogens is 370 g/mol. The first kappa shape index (κ1) is 24.1. The van der Waals surface area contributed by atoms with Gasteiger partial charge in [0.05, 0.1) is 18.5 Å². The summed E-state index contributed by atoms with van der Waals surface area (Å²) in [5.74, 6) is 0.843. The maximum atomic E-state index is 5.80. The highest BCUT2D eigenvalue weighted by Crippen LogP contribution is 2.21. The highest BCUT2D eigenvalue weighted by molar-refractivity contribution is 5.59. The summed E-state index contributed by atoms with van der Waals surface area (Å²) < 4.78 is 11.3. The van der Waals surface area contributed by atoms with E-state index in [9.17, 15) is 0 Å². The molecule has 2 aromatic rings. The lowest BCUT2D eigenvalue weighted by molar-refractivity contribution is 0.130. The Kier molecular flexibility index (Phi) is 12.6. The van der Waals surface area contributed by atoms with Gasteiger partial charge in [0.2, 0.25) is 0 Å². The molecule has 3 nitrogen and oxygen atoms in total. The van der Waals surface area contributed by atoms with Crippen LogP contribution in [0, 0.1) is 0 Å². The van der Waals surface area contributed by atoms with Crippen LogP contribution in [0.5, 0.6) is 5.75 Å². The fraction of sp³-hybridized carbons (Fsp3) is 0.519. The molecule has 1 aromatic carbocycles. The molecule has 1 heterocycles. The number of hydrogen-bond donors (Lipinski definition) is 0. The highest BCUT2D eigenvalue weighted by Gasteiger charge is 2.02. The van der Waals surface area contributed by atoms with Crippen LogP contribution in [0.2, 0.25) is 0 Å². The summed E-state index contributed by atoms with van der Waals surface area (Å²) >= 11 is 0. The van der Waals surface area contributed by atoms with Crippen molar-refractivity contribution in [2.24, 2.45) is 0 Å². The van der Waals surface area contributed by atoms with E-state index >= 15 is 0 Å². The van der Waals surface area contributed by atoms with Crippen LogP contribution in [-0.2, 0) is 11.2 Å². The second-order valence-corrected chi connectivity index (χ2v) is 7.75. The molecule has 0 amide bonds. The van der Waals surface area contributed by atoms with Crippen molar-refractivity contribution in [3.05, 3.63) is 60.3 Å². The van der Waals surface area contributed by atoms with Crippen molar-refractivity contribution in [2.75, 3.05) is 19.8 Å². The Morgan fingerprint density at radius 1 is 0.767 bits per heavy atom. The average Bonchev–Trinajstić information content (AvgIpc) is 2.79. The summed E-state index contributed by atoms with van der Waals surface area (Å²) in [4.78, 5) is 4.58. The summed E-state index contributed by atoms with van der Waals surface area (Å²) in [6.07, 6.45) is 16.7. The number of hydrogen-bond acceptors (Lipinski definition) is 3. The van der Waals surface area contributed by atoms with Gasteiger partial charge in [-0.25, -0.2) is 0 Å². The molecule has 30 heavy (non-hydrogen) atoms. The van der Waals surface area contributed by atoms with Crippen LogP contribution in [0.15, 0.2) is 54.7 Å². The monoisotopic (exact) mass is 409 g/mol. The van der Waals surface area contributed by atoms with Gasteiger partial charge in [-0.1, -0.05) is 63.1 Å². The minimum Gasteiger partial charge on any atom is -0.492 e. The number of rotatable bonds is 16. The standard InChI is InChI=1S/C27H39NO2/c1-3-5-6-7-8-12-22-30-26-18-19-27(28-23-26)25-16-14-24(15-17-25)13-10-9-11-21-29-20-4-2/h6-7,14-19,23H,3-5,8-13,20-22H2,1-2H3/b7-6+. The van der Waals surface area contributed by atoms with E-state index in [0.717, 1.165) is 68.9 Å². The first-order valence-electron chi connectivity index (χ1n) is 11.7. The number of nitrogens with zero attached hydrogens (tertiary/aromatic N) is 1. The van der Waals surface area contributed by atoms with Crippen molar-refractivity contribution < 1.29 is 9.47 Å². The molecule has 0 saturated carbocycles. The lowest BCUT2D eigenvalue weighted by atomic mass is 10.0. The Hall–Kier alpha value is -2.13. The lowest BCUT2D eigenvalue weighted by Crippen LogP contribution is -1.97. The largest absolute Gasteiger partial charge is 0.492 e. The number of aromatic nitrogens is 1. The third kappa shape index (κ3) is 10.1. The van der Waals surface area contributed by atoms with Crippen LogP contribution < -0.4 is 4.74 Å². The molecule has 164 valence electrons. The lowest BCUT2D eigenvalue weighted by Gasteiger charge is -2.07. The predicted molar refractivity (Wildman–Crippen MR) is 127 cm³/mol. The Bertz CT molecular complexity index is 692. The van der Waals surface area contributed by atoms with Gasteiger partial charge in [0.15, 0.2) is 0 Å². The van der Waals surface area contributed by atoms with E-state index in [1.165, 1.54) is 31.2 Å². The molecule has 0 N–H and O–H groups in total. The summed E-state index contributed by atoms with van der Waals surface area (Å²) in [6, 6.07) is 12.9. The first-order valence-corrected chi connectivity index (χ1v) is 11.7. The van der Waals surface area contributed by atoms with Crippen LogP contribution in [0.25, 0.3) is 11.3 Å². The minimum atomic E-state index is 0.733. The molecule has 0 aliphatic heterocycles. The number of aryl methyl sites for hydroxylation is 1. The first-order chi connectivity index (χ1) is 14.8. The van der Waals surface area contributed by atoms with Crippen molar-refractivity contribution >= 4 is 0 Å². The van der Waals surface area contributed by atoms with Crippen molar-refractivity contribution in [3.63, 3.8) is 0 Å². The molecule has 0 saturated heterocycles. The van der Waals surface area contributed by atoms with Gasteiger partial charge in [-0.3, -0.25) is 4.98 Å². The molecule has 0 bridgehead atoms. The van der Waals surface area contributed by atoms with Crippen molar-refractivity contribution in [1.29, 1.82) is 0 Å². The molecule has 0 unspecified atom stereocenters. The van der Waals surface area contributed by atoms with E-state index in [0.29, 0.717) is 0 Å². The molecule has 0 aliphatic carbocycles. The number of ether oxygens (including phenoxy) is 2. The van der Waals surface area contributed by atoms with E-state index in [1.54, 1.807) is 0 Å². The predicted octanol–water partition coefficient (Wildman–Crippen LogP) is 7.40. The van der Waals surface area contributed by atoms with Crippen LogP contribution in [0.1, 0.15) is 70.8 Å². The summed E-state index contributed by atoms with van der Waals surface area (Å²) in [5, 5.41) is 0. The van der Waals surface area contributed by atoms with Gasteiger partial charge in [-0.15, -0.1) is 0 Å². The fourth-order valence-corrected chi connectivity index (χ4v) is 3.23. The Balaban J connectivity index is 1.68. The Morgan fingerprint density at radius 2 is 1.60 bits per heavy atom. The van der Waals surface area contributed by atoms with Gasteiger partial charge in [0.25, 0.3) is 0 Å². The molecule has 0 radical (unpaired) electrons. The van der Waals surface area contributed by atoms with Crippen molar-refractivity contribution in [3.8, 4) is 17.0 Å². The van der Waals surface area contributed by atoms with E-state index in [4.69, 9.17) is 9.47 Å². The van der Waals surface area contributed by atoms with Crippen molar-refractivity contribution in [1.82, 2.24) is 4.98 Å². The molecule has 2 rings (SSSR count). The topological polar surface area (TPSA) is 31.4 Å². The summed E-state index contributed by atoms with van der Waals surface area (Å²) in [7, 11) is 0. The molecule has 0 aliphatic rings. The van der Waals surface area contributed by atoms with Crippen LogP contribution in [0.4, 0.5) is 0 Å². The maximum Gasteiger partial charge on any atom is 0.137 e. The number of pyridine rings is 1. The van der Waals surface area contributed by atoms with Gasteiger partial charge >= 0.3 is 0 Å². The van der Waals surface area contributed by atoms with Gasteiger partial charge in [-0.05, 0) is 62.6 Å². The second-order valence-electron chi connectivity index (χ2n) is 7.75. The molecule has 3 heteroatoms.